The minimum atomic E-state index is 0.430. The van der Waals surface area contributed by atoms with Crippen molar-refractivity contribution in [1.29, 1.82) is 0 Å². The monoisotopic (exact) mass is 369 g/mol. The summed E-state index contributed by atoms with van der Waals surface area (Å²) in [5.74, 6) is 0.430. The van der Waals surface area contributed by atoms with E-state index in [0.717, 1.165) is 55.8 Å². The Morgan fingerprint density at radius 3 is 2.39 bits per heavy atom. The van der Waals surface area contributed by atoms with E-state index in [1.807, 2.05) is 0 Å². The fourth-order valence-corrected chi connectivity index (χ4v) is 5.24. The van der Waals surface area contributed by atoms with Gasteiger partial charge >= 0.3 is 0 Å². The number of nitrogens with zero attached hydrogens (tertiary/aromatic N) is 3. The Morgan fingerprint density at radius 1 is 0.929 bits per heavy atom. The van der Waals surface area contributed by atoms with Gasteiger partial charge in [-0.2, -0.15) is 5.11 Å². The van der Waals surface area contributed by atoms with E-state index in [4.69, 9.17) is 0 Å². The molecule has 0 bridgehead atoms. The Kier molecular flexibility index (Phi) is 4.09. The molecule has 0 spiro atoms. The second-order valence-corrected chi connectivity index (χ2v) is 8.10. The number of fused-ring (bicyclic) bond motifs is 7. The summed E-state index contributed by atoms with van der Waals surface area (Å²) >= 11 is 0. The minimum Gasteiger partial charge on any atom is -0.304 e. The van der Waals surface area contributed by atoms with Crippen LogP contribution in [0.5, 0.6) is 0 Å². The fraction of sp³-hybridized carbons (Fsp3) is 0.360. The van der Waals surface area contributed by atoms with Gasteiger partial charge in [-0.3, -0.25) is 0 Å². The summed E-state index contributed by atoms with van der Waals surface area (Å²) < 4.78 is 0. The van der Waals surface area contributed by atoms with Crippen LogP contribution in [0, 0.1) is 0 Å². The van der Waals surface area contributed by atoms with Crippen LogP contribution in [-0.4, -0.2) is 24.5 Å². The number of benzene rings is 2. The lowest BCUT2D eigenvalue weighted by Gasteiger charge is -2.21. The van der Waals surface area contributed by atoms with Crippen molar-refractivity contribution >= 4 is 17.0 Å². The van der Waals surface area contributed by atoms with E-state index in [2.05, 4.69) is 66.4 Å². The van der Waals surface area contributed by atoms with Crippen LogP contribution >= 0.6 is 0 Å². The van der Waals surface area contributed by atoms with Crippen molar-refractivity contribution < 1.29 is 0 Å². The van der Waals surface area contributed by atoms with Crippen LogP contribution in [0.4, 0.5) is 5.69 Å². The van der Waals surface area contributed by atoms with Crippen molar-refractivity contribution in [2.24, 2.45) is 10.2 Å². The van der Waals surface area contributed by atoms with Crippen molar-refractivity contribution in [2.75, 3.05) is 19.6 Å². The van der Waals surface area contributed by atoms with Crippen LogP contribution < -0.4 is 0 Å². The van der Waals surface area contributed by atoms with Crippen LogP contribution in [0.3, 0.4) is 0 Å². The second kappa shape index (κ2) is 6.52. The summed E-state index contributed by atoms with van der Waals surface area (Å²) in [6.07, 6.45) is 3.29. The molecule has 0 aromatic heterocycles. The standard InChI is InChI=1S/C25H27N3/c1-5-28(6-2)14-13-19-21-11-9-17-15(3)7-8-20(17)23(21)24-22(19)12-10-18-16(4)26-27-25(18)24/h9-12,19H,3-8,13-14H2,1-2H3. The zero-order chi connectivity index (χ0) is 19.4. The predicted molar refractivity (Wildman–Crippen MR) is 117 cm³/mol. The average molecular weight is 370 g/mol. The highest BCUT2D eigenvalue weighted by Gasteiger charge is 2.36. The molecule has 0 amide bonds. The number of hydrogen-bond acceptors (Lipinski definition) is 3. The minimum absolute atomic E-state index is 0.430. The van der Waals surface area contributed by atoms with Gasteiger partial charge < -0.3 is 4.90 Å². The molecule has 0 saturated heterocycles. The van der Waals surface area contributed by atoms with E-state index in [1.54, 1.807) is 0 Å². The SMILES string of the molecule is C=C1CCc2c1ccc1c2-c2c(ccc3c2N=NC3=C)C1CCN(CC)CC. The summed E-state index contributed by atoms with van der Waals surface area (Å²) in [6, 6.07) is 9.13. The molecule has 0 N–H and O–H groups in total. The van der Waals surface area contributed by atoms with E-state index >= 15 is 0 Å². The van der Waals surface area contributed by atoms with Gasteiger partial charge in [-0.1, -0.05) is 51.3 Å². The van der Waals surface area contributed by atoms with Gasteiger partial charge in [-0.25, -0.2) is 0 Å². The zero-order valence-electron chi connectivity index (χ0n) is 16.9. The lowest BCUT2D eigenvalue weighted by molar-refractivity contribution is 0.295. The summed E-state index contributed by atoms with van der Waals surface area (Å²) in [5, 5.41) is 8.84. The van der Waals surface area contributed by atoms with E-state index in [-0.39, 0.29) is 0 Å². The summed E-state index contributed by atoms with van der Waals surface area (Å²) in [5.41, 5.74) is 12.6. The third-order valence-corrected chi connectivity index (χ3v) is 6.82. The van der Waals surface area contributed by atoms with Crippen molar-refractivity contribution in [3.63, 3.8) is 0 Å². The van der Waals surface area contributed by atoms with Crippen molar-refractivity contribution in [2.45, 2.75) is 39.0 Å². The Labute approximate surface area is 167 Å². The van der Waals surface area contributed by atoms with Crippen LogP contribution in [0.2, 0.25) is 0 Å². The van der Waals surface area contributed by atoms with E-state index in [0.29, 0.717) is 5.92 Å². The first-order valence-electron chi connectivity index (χ1n) is 10.5. The first kappa shape index (κ1) is 17.6. The fourth-order valence-electron chi connectivity index (χ4n) is 5.24. The first-order valence-corrected chi connectivity index (χ1v) is 10.5. The topological polar surface area (TPSA) is 28.0 Å². The van der Waals surface area contributed by atoms with Gasteiger partial charge in [0.25, 0.3) is 0 Å². The average Bonchev–Trinajstić information content (AvgIpc) is 3.37. The molecule has 2 aliphatic carbocycles. The molecule has 1 heterocycles. The number of rotatable bonds is 5. The van der Waals surface area contributed by atoms with Gasteiger partial charge in [0.05, 0.1) is 5.70 Å². The molecule has 1 atom stereocenters. The van der Waals surface area contributed by atoms with Crippen molar-refractivity contribution in [3.8, 4) is 11.1 Å². The Hall–Kier alpha value is -2.52. The molecular formula is C25H27N3. The van der Waals surface area contributed by atoms with E-state index < -0.39 is 0 Å². The molecule has 1 unspecified atom stereocenters. The van der Waals surface area contributed by atoms with Crippen LogP contribution in [-0.2, 0) is 6.42 Å². The molecule has 142 valence electrons. The maximum absolute atomic E-state index is 4.55. The third-order valence-electron chi connectivity index (χ3n) is 6.82. The number of hydrogen-bond donors (Lipinski definition) is 0. The molecule has 3 aliphatic rings. The number of allylic oxidation sites excluding steroid dienone is 1. The smallest absolute Gasteiger partial charge is 0.103 e. The molecule has 5 rings (SSSR count). The molecule has 1 aliphatic heterocycles. The van der Waals surface area contributed by atoms with Gasteiger partial charge in [0.1, 0.15) is 5.69 Å². The lowest BCUT2D eigenvalue weighted by Crippen LogP contribution is -2.25. The van der Waals surface area contributed by atoms with E-state index in [1.165, 1.54) is 39.0 Å². The highest BCUT2D eigenvalue weighted by molar-refractivity contribution is 5.97. The normalized spacial score (nSPS) is 18.6. The predicted octanol–water partition coefficient (Wildman–Crippen LogP) is 6.56. The molecule has 0 saturated carbocycles. The van der Waals surface area contributed by atoms with Gasteiger partial charge in [-0.15, -0.1) is 5.11 Å². The third kappa shape index (κ3) is 2.39. The summed E-state index contributed by atoms with van der Waals surface area (Å²) in [4.78, 5) is 2.52. The Bertz CT molecular complexity index is 1040. The van der Waals surface area contributed by atoms with Crippen LogP contribution in [0.15, 0.2) is 47.7 Å². The van der Waals surface area contributed by atoms with Gasteiger partial charge in [0, 0.05) is 17.0 Å². The van der Waals surface area contributed by atoms with Crippen LogP contribution in [0.25, 0.3) is 22.4 Å². The van der Waals surface area contributed by atoms with E-state index in [9.17, 15) is 0 Å². The largest absolute Gasteiger partial charge is 0.304 e. The van der Waals surface area contributed by atoms with Crippen LogP contribution in [0.1, 0.15) is 60.4 Å². The Morgan fingerprint density at radius 2 is 1.64 bits per heavy atom. The molecular weight excluding hydrogens is 342 g/mol. The molecule has 3 heteroatoms. The quantitative estimate of drug-likeness (QED) is 0.586. The van der Waals surface area contributed by atoms with Crippen molar-refractivity contribution in [1.82, 2.24) is 4.90 Å². The maximum Gasteiger partial charge on any atom is 0.103 e. The maximum atomic E-state index is 4.55. The number of azo groups is 1. The Balaban J connectivity index is 1.69. The molecule has 0 radical (unpaired) electrons. The van der Waals surface area contributed by atoms with Gasteiger partial charge in [0.2, 0.25) is 0 Å². The van der Waals surface area contributed by atoms with Gasteiger partial charge in [-0.05, 0) is 72.3 Å². The molecule has 28 heavy (non-hydrogen) atoms. The summed E-state index contributed by atoms with van der Waals surface area (Å²) in [6.45, 7) is 16.2. The highest BCUT2D eigenvalue weighted by atomic mass is 15.1. The zero-order valence-corrected chi connectivity index (χ0v) is 16.9. The molecule has 2 aromatic carbocycles. The molecule has 2 aromatic rings. The summed E-state index contributed by atoms with van der Waals surface area (Å²) in [7, 11) is 0. The lowest BCUT2D eigenvalue weighted by atomic mass is 9.91. The molecule has 0 fully saturated rings. The first-order chi connectivity index (χ1) is 13.6. The molecule has 3 nitrogen and oxygen atoms in total. The second-order valence-electron chi connectivity index (χ2n) is 8.10. The highest BCUT2D eigenvalue weighted by Crippen LogP contribution is 2.56. The van der Waals surface area contributed by atoms with Crippen molar-refractivity contribution in [3.05, 3.63) is 65.2 Å². The van der Waals surface area contributed by atoms with Gasteiger partial charge in [0.15, 0.2) is 0 Å².